The predicted octanol–water partition coefficient (Wildman–Crippen LogP) is 4.74. The van der Waals surface area contributed by atoms with Crippen molar-refractivity contribution in [2.24, 2.45) is 5.92 Å². The Balaban J connectivity index is 2.76. The summed E-state index contributed by atoms with van der Waals surface area (Å²) in [6.45, 7) is 13.7. The van der Waals surface area contributed by atoms with Crippen LogP contribution in [0.4, 0.5) is 4.79 Å². The van der Waals surface area contributed by atoms with Gasteiger partial charge in [0.1, 0.15) is 11.6 Å². The summed E-state index contributed by atoms with van der Waals surface area (Å²) in [5.41, 5.74) is 0.693. The van der Waals surface area contributed by atoms with Gasteiger partial charge in [0.15, 0.2) is 0 Å². The Morgan fingerprint density at radius 2 is 2.00 bits per heavy atom. The molecule has 0 spiro atoms. The van der Waals surface area contributed by atoms with E-state index in [1.165, 1.54) is 17.3 Å². The Bertz CT molecular complexity index is 558. The van der Waals surface area contributed by atoms with Gasteiger partial charge in [0.05, 0.1) is 0 Å². The Labute approximate surface area is 148 Å². The van der Waals surface area contributed by atoms with Crippen LogP contribution in [0.3, 0.4) is 0 Å². The highest BCUT2D eigenvalue weighted by Crippen LogP contribution is 2.24. The van der Waals surface area contributed by atoms with Crippen molar-refractivity contribution in [3.8, 4) is 0 Å². The van der Waals surface area contributed by atoms with Gasteiger partial charge in [-0.2, -0.15) is 0 Å². The van der Waals surface area contributed by atoms with Gasteiger partial charge in [-0.1, -0.05) is 37.3 Å². The highest BCUT2D eigenvalue weighted by atomic mass is 32.2. The average Bonchev–Trinajstić information content (AvgIpc) is 2.83. The van der Waals surface area contributed by atoms with Crippen LogP contribution in [0.5, 0.6) is 0 Å². The van der Waals surface area contributed by atoms with Crippen LogP contribution in [0.2, 0.25) is 0 Å². The van der Waals surface area contributed by atoms with Crippen LogP contribution in [-0.4, -0.2) is 27.6 Å². The molecular formula is C17H29N3O3S. The maximum Gasteiger partial charge on any atom is 0.408 e. The van der Waals surface area contributed by atoms with E-state index in [-0.39, 0.29) is 6.04 Å². The molecule has 1 heterocycles. The third kappa shape index (κ3) is 8.38. The molecule has 0 saturated carbocycles. The van der Waals surface area contributed by atoms with Crippen molar-refractivity contribution >= 4 is 17.9 Å². The van der Waals surface area contributed by atoms with Gasteiger partial charge < -0.3 is 14.5 Å². The van der Waals surface area contributed by atoms with Crippen LogP contribution in [-0.2, 0) is 4.74 Å². The molecule has 0 unspecified atom stereocenters. The number of alkyl carbamates (subject to hydrolysis) is 1. The van der Waals surface area contributed by atoms with Crippen molar-refractivity contribution in [3.63, 3.8) is 0 Å². The highest BCUT2D eigenvalue weighted by Gasteiger charge is 2.25. The number of carbonyl (C=O) groups excluding carboxylic acids is 1. The van der Waals surface area contributed by atoms with E-state index in [1.54, 1.807) is 0 Å². The minimum Gasteiger partial charge on any atom is -0.444 e. The number of hydrogen-bond acceptors (Lipinski definition) is 6. The fraction of sp³-hybridized carbons (Fsp3) is 0.706. The van der Waals surface area contributed by atoms with Crippen molar-refractivity contribution in [1.29, 1.82) is 0 Å². The maximum atomic E-state index is 12.0. The van der Waals surface area contributed by atoms with Gasteiger partial charge in [0, 0.05) is 5.75 Å². The lowest BCUT2D eigenvalue weighted by molar-refractivity contribution is 0.0487. The molecule has 1 atom stereocenters. The summed E-state index contributed by atoms with van der Waals surface area (Å²) in [7, 11) is 0. The van der Waals surface area contributed by atoms with Gasteiger partial charge in [-0.25, -0.2) is 4.79 Å². The molecule has 1 aromatic heterocycles. The lowest BCUT2D eigenvalue weighted by atomic mass is 10.0. The molecule has 136 valence electrons. The van der Waals surface area contributed by atoms with Crippen LogP contribution in [0.1, 0.15) is 66.8 Å². The average molecular weight is 356 g/mol. The summed E-state index contributed by atoms with van der Waals surface area (Å²) in [5, 5.41) is 11.5. The van der Waals surface area contributed by atoms with E-state index in [4.69, 9.17) is 9.15 Å². The van der Waals surface area contributed by atoms with E-state index in [2.05, 4.69) is 35.4 Å². The molecule has 6 nitrogen and oxygen atoms in total. The first kappa shape index (κ1) is 20.5. The van der Waals surface area contributed by atoms with Crippen molar-refractivity contribution in [2.75, 3.05) is 5.75 Å². The Kier molecular flexibility index (Phi) is 7.79. The van der Waals surface area contributed by atoms with Gasteiger partial charge in [0.2, 0.25) is 5.89 Å². The minimum absolute atomic E-state index is 0.356. The molecular weight excluding hydrogens is 326 g/mol. The fourth-order valence-corrected chi connectivity index (χ4v) is 2.64. The molecule has 0 fully saturated rings. The number of hydrogen-bond donors (Lipinski definition) is 1. The first-order chi connectivity index (χ1) is 11.1. The second-order valence-electron chi connectivity index (χ2n) is 7.33. The lowest BCUT2D eigenvalue weighted by Gasteiger charge is -2.22. The molecule has 0 aliphatic heterocycles. The number of carbonyl (C=O) groups is 1. The lowest BCUT2D eigenvalue weighted by Crippen LogP contribution is -2.35. The normalized spacial score (nSPS) is 12.8. The van der Waals surface area contributed by atoms with Gasteiger partial charge in [-0.05, 0) is 47.0 Å². The zero-order chi connectivity index (χ0) is 18.3. The number of nitrogens with one attached hydrogen (secondary N) is 1. The number of ether oxygens (including phenoxy) is 1. The number of aromatic nitrogens is 2. The van der Waals surface area contributed by atoms with Crippen molar-refractivity contribution in [3.05, 3.63) is 17.5 Å². The molecule has 0 bridgehead atoms. The van der Waals surface area contributed by atoms with Gasteiger partial charge in [-0.15, -0.1) is 10.2 Å². The van der Waals surface area contributed by atoms with E-state index in [0.29, 0.717) is 23.5 Å². The summed E-state index contributed by atoms with van der Waals surface area (Å²) in [5.74, 6) is 1.55. The van der Waals surface area contributed by atoms with Gasteiger partial charge in [0.25, 0.3) is 5.22 Å². The first-order valence-corrected chi connectivity index (χ1v) is 9.14. The third-order valence-electron chi connectivity index (χ3n) is 2.82. The summed E-state index contributed by atoms with van der Waals surface area (Å²) >= 11 is 1.47. The summed E-state index contributed by atoms with van der Waals surface area (Å²) in [6, 6.07) is -0.356. The monoisotopic (exact) mass is 355 g/mol. The highest BCUT2D eigenvalue weighted by molar-refractivity contribution is 7.99. The standard InChI is InChI=1S/C17H29N3O3S/c1-11(2)8-9-24-16-20-19-14(22-16)13(10-12(3)4)18-15(21)23-17(5,6)7/h8,12-13H,9-10H2,1-7H3,(H,18,21)/t13-/m1/s1. The SMILES string of the molecule is CC(C)=CCSc1nnc([C@@H](CC(C)C)NC(=O)OC(C)(C)C)o1. The topological polar surface area (TPSA) is 77.2 Å². The van der Waals surface area contributed by atoms with Crippen LogP contribution in [0.25, 0.3) is 0 Å². The van der Waals surface area contributed by atoms with E-state index < -0.39 is 11.7 Å². The van der Waals surface area contributed by atoms with Crippen LogP contribution in [0, 0.1) is 5.92 Å². The van der Waals surface area contributed by atoms with Crippen LogP contribution >= 0.6 is 11.8 Å². The number of amides is 1. The van der Waals surface area contributed by atoms with Gasteiger partial charge >= 0.3 is 6.09 Å². The molecule has 1 rings (SSSR count). The minimum atomic E-state index is -0.549. The molecule has 1 N–H and O–H groups in total. The van der Waals surface area contributed by atoms with Crippen molar-refractivity contribution in [2.45, 2.75) is 71.8 Å². The molecule has 1 aromatic rings. The summed E-state index contributed by atoms with van der Waals surface area (Å²) in [4.78, 5) is 12.0. The smallest absolute Gasteiger partial charge is 0.408 e. The Hall–Kier alpha value is -1.50. The molecule has 7 heteroatoms. The third-order valence-corrected chi connectivity index (χ3v) is 3.56. The van der Waals surface area contributed by atoms with Crippen molar-refractivity contribution in [1.82, 2.24) is 15.5 Å². The number of thioether (sulfide) groups is 1. The zero-order valence-electron chi connectivity index (χ0n) is 15.7. The number of allylic oxidation sites excluding steroid dienone is 1. The van der Waals surface area contributed by atoms with Crippen LogP contribution < -0.4 is 5.32 Å². The molecule has 1 amide bonds. The first-order valence-electron chi connectivity index (χ1n) is 8.16. The molecule has 0 aliphatic rings. The molecule has 0 radical (unpaired) electrons. The van der Waals surface area contributed by atoms with Crippen molar-refractivity contribution < 1.29 is 13.9 Å². The van der Waals surface area contributed by atoms with E-state index >= 15 is 0 Å². The number of nitrogens with zero attached hydrogens (tertiary/aromatic N) is 2. The molecule has 0 aromatic carbocycles. The fourth-order valence-electron chi connectivity index (χ4n) is 1.84. The Morgan fingerprint density at radius 3 is 2.54 bits per heavy atom. The quantitative estimate of drug-likeness (QED) is 0.562. The zero-order valence-corrected chi connectivity index (χ0v) is 16.5. The maximum absolute atomic E-state index is 12.0. The van der Waals surface area contributed by atoms with Gasteiger partial charge in [-0.3, -0.25) is 0 Å². The van der Waals surface area contributed by atoms with Crippen LogP contribution in [0.15, 0.2) is 21.3 Å². The Morgan fingerprint density at radius 1 is 1.33 bits per heavy atom. The summed E-state index contributed by atoms with van der Waals surface area (Å²) in [6.07, 6.45) is 2.31. The largest absolute Gasteiger partial charge is 0.444 e. The molecule has 24 heavy (non-hydrogen) atoms. The molecule has 0 saturated heterocycles. The number of rotatable bonds is 7. The van der Waals surface area contributed by atoms with E-state index in [1.807, 2.05) is 34.6 Å². The summed E-state index contributed by atoms with van der Waals surface area (Å²) < 4.78 is 11.0. The predicted molar refractivity (Wildman–Crippen MR) is 96.0 cm³/mol. The molecule has 0 aliphatic carbocycles. The van der Waals surface area contributed by atoms with E-state index in [0.717, 1.165) is 5.75 Å². The second kappa shape index (κ2) is 9.11. The second-order valence-corrected chi connectivity index (χ2v) is 8.30. The van der Waals surface area contributed by atoms with E-state index in [9.17, 15) is 4.79 Å².